The molecule has 0 fully saturated rings. The maximum atomic E-state index is 12.6. The van der Waals surface area contributed by atoms with Gasteiger partial charge in [-0.25, -0.2) is 0 Å². The summed E-state index contributed by atoms with van der Waals surface area (Å²) >= 11 is 0. The molecule has 0 aliphatic heterocycles. The monoisotopic (exact) mass is 388 g/mol. The van der Waals surface area contributed by atoms with Gasteiger partial charge in [0.15, 0.2) is 0 Å². The summed E-state index contributed by atoms with van der Waals surface area (Å²) in [4.78, 5) is 25.0. The van der Waals surface area contributed by atoms with Crippen LogP contribution in [0.3, 0.4) is 0 Å². The van der Waals surface area contributed by atoms with Gasteiger partial charge in [0.2, 0.25) is 0 Å². The Morgan fingerprint density at radius 2 is 1.38 bits per heavy atom. The van der Waals surface area contributed by atoms with E-state index in [1.165, 1.54) is 0 Å². The largest absolute Gasteiger partial charge is 0.496 e. The number of hydrogen-bond acceptors (Lipinski definition) is 3. The Hall–Kier alpha value is -3.60. The molecule has 0 atom stereocenters. The van der Waals surface area contributed by atoms with Crippen LogP contribution in [0.5, 0.6) is 5.75 Å². The molecule has 3 aromatic carbocycles. The van der Waals surface area contributed by atoms with Gasteiger partial charge in [-0.1, -0.05) is 36.4 Å². The standard InChI is InChI=1S/C24H24N2O3/c1-16-7-6-8-17(2)22(16)26-24(28)19-13-11-18(12-14-19)23(27)25-15-20-9-4-5-10-21(20)29-3/h4-14H,15H2,1-3H3,(H,25,27)(H,26,28). The third kappa shape index (κ3) is 4.82. The molecule has 0 aliphatic carbocycles. The molecule has 0 heterocycles. The van der Waals surface area contributed by atoms with E-state index in [-0.39, 0.29) is 11.8 Å². The highest BCUT2D eigenvalue weighted by Gasteiger charge is 2.12. The Balaban J connectivity index is 1.65. The number of benzene rings is 3. The molecule has 2 amide bonds. The van der Waals surface area contributed by atoms with Crippen molar-refractivity contribution < 1.29 is 14.3 Å². The van der Waals surface area contributed by atoms with Crippen molar-refractivity contribution in [2.45, 2.75) is 20.4 Å². The second kappa shape index (κ2) is 9.06. The Kier molecular flexibility index (Phi) is 6.29. The summed E-state index contributed by atoms with van der Waals surface area (Å²) in [6.45, 7) is 4.27. The number of ether oxygens (including phenoxy) is 1. The molecular weight excluding hydrogens is 364 g/mol. The number of carbonyl (C=O) groups excluding carboxylic acids is 2. The fourth-order valence-electron chi connectivity index (χ4n) is 3.10. The van der Waals surface area contributed by atoms with Crippen molar-refractivity contribution in [3.8, 4) is 5.75 Å². The van der Waals surface area contributed by atoms with Crippen LogP contribution >= 0.6 is 0 Å². The molecule has 0 saturated heterocycles. The molecule has 3 rings (SSSR count). The van der Waals surface area contributed by atoms with E-state index in [1.807, 2.05) is 56.3 Å². The van der Waals surface area contributed by atoms with Crippen molar-refractivity contribution in [2.75, 3.05) is 12.4 Å². The zero-order valence-corrected chi connectivity index (χ0v) is 16.8. The van der Waals surface area contributed by atoms with Crippen LogP contribution in [0.4, 0.5) is 5.69 Å². The Morgan fingerprint density at radius 1 is 0.793 bits per heavy atom. The molecule has 0 radical (unpaired) electrons. The molecule has 5 nitrogen and oxygen atoms in total. The van der Waals surface area contributed by atoms with Crippen LogP contribution in [-0.2, 0) is 6.54 Å². The van der Waals surface area contributed by atoms with Gasteiger partial charge in [0.25, 0.3) is 11.8 Å². The molecule has 148 valence electrons. The van der Waals surface area contributed by atoms with Crippen molar-refractivity contribution in [1.82, 2.24) is 5.32 Å². The summed E-state index contributed by atoms with van der Waals surface area (Å²) in [5, 5.41) is 5.82. The van der Waals surface area contributed by atoms with E-state index in [0.29, 0.717) is 17.7 Å². The predicted molar refractivity (Wildman–Crippen MR) is 114 cm³/mol. The molecular formula is C24H24N2O3. The summed E-state index contributed by atoms with van der Waals surface area (Å²) < 4.78 is 5.30. The minimum Gasteiger partial charge on any atom is -0.496 e. The highest BCUT2D eigenvalue weighted by Crippen LogP contribution is 2.20. The topological polar surface area (TPSA) is 67.4 Å². The van der Waals surface area contributed by atoms with E-state index in [1.54, 1.807) is 31.4 Å². The Bertz CT molecular complexity index is 1010. The van der Waals surface area contributed by atoms with E-state index in [0.717, 1.165) is 28.1 Å². The van der Waals surface area contributed by atoms with Gasteiger partial charge in [0, 0.05) is 28.9 Å². The maximum absolute atomic E-state index is 12.6. The van der Waals surface area contributed by atoms with E-state index in [2.05, 4.69) is 10.6 Å². The number of methoxy groups -OCH3 is 1. The van der Waals surface area contributed by atoms with Gasteiger partial charge in [-0.2, -0.15) is 0 Å². The molecule has 0 aromatic heterocycles. The first-order valence-electron chi connectivity index (χ1n) is 9.37. The zero-order chi connectivity index (χ0) is 20.8. The fraction of sp³-hybridized carbons (Fsp3) is 0.167. The second-order valence-electron chi connectivity index (χ2n) is 6.79. The van der Waals surface area contributed by atoms with Crippen LogP contribution in [0.25, 0.3) is 0 Å². The summed E-state index contributed by atoms with van der Waals surface area (Å²) in [7, 11) is 1.60. The average molecular weight is 388 g/mol. The lowest BCUT2D eigenvalue weighted by atomic mass is 10.1. The van der Waals surface area contributed by atoms with Gasteiger partial charge in [-0.3, -0.25) is 9.59 Å². The second-order valence-corrected chi connectivity index (χ2v) is 6.79. The number of para-hydroxylation sites is 2. The third-order valence-corrected chi connectivity index (χ3v) is 4.76. The van der Waals surface area contributed by atoms with E-state index in [4.69, 9.17) is 4.74 Å². The molecule has 29 heavy (non-hydrogen) atoms. The Morgan fingerprint density at radius 3 is 2.00 bits per heavy atom. The quantitative estimate of drug-likeness (QED) is 0.654. The summed E-state index contributed by atoms with van der Waals surface area (Å²) in [5.41, 5.74) is 4.71. The van der Waals surface area contributed by atoms with Gasteiger partial charge < -0.3 is 15.4 Å². The van der Waals surface area contributed by atoms with E-state index in [9.17, 15) is 9.59 Å². The summed E-state index contributed by atoms with van der Waals surface area (Å²) in [5.74, 6) is 0.312. The first kappa shape index (κ1) is 20.1. The van der Waals surface area contributed by atoms with Gasteiger partial charge >= 0.3 is 0 Å². The molecule has 2 N–H and O–H groups in total. The van der Waals surface area contributed by atoms with E-state index < -0.39 is 0 Å². The number of nitrogens with one attached hydrogen (secondary N) is 2. The number of rotatable bonds is 6. The molecule has 0 aliphatic rings. The third-order valence-electron chi connectivity index (χ3n) is 4.76. The van der Waals surface area contributed by atoms with Gasteiger partial charge in [-0.05, 0) is 55.3 Å². The predicted octanol–water partition coefficient (Wildman–Crippen LogP) is 4.49. The van der Waals surface area contributed by atoms with Gasteiger partial charge in [0.05, 0.1) is 7.11 Å². The fourth-order valence-corrected chi connectivity index (χ4v) is 3.10. The van der Waals surface area contributed by atoms with Crippen molar-refractivity contribution in [1.29, 1.82) is 0 Å². The number of carbonyl (C=O) groups is 2. The van der Waals surface area contributed by atoms with Crippen molar-refractivity contribution in [3.05, 3.63) is 94.5 Å². The highest BCUT2D eigenvalue weighted by atomic mass is 16.5. The van der Waals surface area contributed by atoms with Crippen LogP contribution in [0.1, 0.15) is 37.4 Å². The molecule has 0 bridgehead atoms. The molecule has 0 spiro atoms. The van der Waals surface area contributed by atoms with Crippen molar-refractivity contribution in [2.24, 2.45) is 0 Å². The number of aryl methyl sites for hydroxylation is 2. The van der Waals surface area contributed by atoms with Gasteiger partial charge in [-0.15, -0.1) is 0 Å². The SMILES string of the molecule is COc1ccccc1CNC(=O)c1ccc(C(=O)Nc2c(C)cccc2C)cc1. The first-order valence-corrected chi connectivity index (χ1v) is 9.37. The first-order chi connectivity index (χ1) is 14.0. The van der Waals surface area contributed by atoms with Crippen LogP contribution in [0.15, 0.2) is 66.7 Å². The highest BCUT2D eigenvalue weighted by molar-refractivity contribution is 6.05. The number of amides is 2. The molecule has 0 saturated carbocycles. The van der Waals surface area contributed by atoms with Gasteiger partial charge in [0.1, 0.15) is 5.75 Å². The molecule has 0 unspecified atom stereocenters. The molecule has 5 heteroatoms. The minimum absolute atomic E-state index is 0.205. The van der Waals surface area contributed by atoms with Crippen LogP contribution in [-0.4, -0.2) is 18.9 Å². The van der Waals surface area contributed by atoms with Crippen LogP contribution in [0, 0.1) is 13.8 Å². The van der Waals surface area contributed by atoms with E-state index >= 15 is 0 Å². The lowest BCUT2D eigenvalue weighted by Gasteiger charge is -2.12. The minimum atomic E-state index is -0.211. The maximum Gasteiger partial charge on any atom is 0.255 e. The Labute approximate surface area is 170 Å². The smallest absolute Gasteiger partial charge is 0.255 e. The summed E-state index contributed by atoms with van der Waals surface area (Å²) in [6.07, 6.45) is 0. The van der Waals surface area contributed by atoms with Crippen molar-refractivity contribution >= 4 is 17.5 Å². The zero-order valence-electron chi connectivity index (χ0n) is 16.8. The van der Waals surface area contributed by atoms with Crippen molar-refractivity contribution in [3.63, 3.8) is 0 Å². The summed E-state index contributed by atoms with van der Waals surface area (Å²) in [6, 6.07) is 20.0. The normalized spacial score (nSPS) is 10.3. The lowest BCUT2D eigenvalue weighted by molar-refractivity contribution is 0.0949. The number of anilines is 1. The van der Waals surface area contributed by atoms with Crippen LogP contribution < -0.4 is 15.4 Å². The lowest BCUT2D eigenvalue weighted by Crippen LogP contribution is -2.23. The molecule has 3 aromatic rings. The van der Waals surface area contributed by atoms with Crippen LogP contribution in [0.2, 0.25) is 0 Å². The number of hydrogen-bond donors (Lipinski definition) is 2. The average Bonchev–Trinajstić information content (AvgIpc) is 2.75.